The third-order valence-electron chi connectivity index (χ3n) is 4.19. The normalized spacial score (nSPS) is 15.6. The molecule has 1 atom stereocenters. The van der Waals surface area contributed by atoms with E-state index in [0.717, 1.165) is 16.2 Å². The number of thioether (sulfide) groups is 1. The Balaban J connectivity index is 1.60. The summed E-state index contributed by atoms with van der Waals surface area (Å²) in [6, 6.07) is 11.3. The molecule has 3 rings (SSSR count). The largest absolute Gasteiger partial charge is 0.493 e. The van der Waals surface area contributed by atoms with Crippen molar-refractivity contribution in [1.29, 1.82) is 0 Å². The number of para-hydroxylation sites is 1. The Kier molecular flexibility index (Phi) is 6.34. The lowest BCUT2D eigenvalue weighted by Crippen LogP contribution is -2.39. The molecule has 2 amide bonds. The maximum absolute atomic E-state index is 13.6. The molecule has 2 aromatic carbocycles. The Morgan fingerprint density at radius 2 is 2.07 bits per heavy atom. The molecular weight excluding hydrogens is 367 g/mol. The van der Waals surface area contributed by atoms with Gasteiger partial charge < -0.3 is 15.4 Å². The zero-order valence-electron chi connectivity index (χ0n) is 15.0. The summed E-state index contributed by atoms with van der Waals surface area (Å²) in [6.07, 6.45) is 0.716. The summed E-state index contributed by atoms with van der Waals surface area (Å²) >= 11 is 1.65. The van der Waals surface area contributed by atoms with E-state index in [-0.39, 0.29) is 30.2 Å². The number of carbonyl (C=O) groups is 2. The number of carbonyl (C=O) groups excluding carboxylic acids is 2. The Hall–Kier alpha value is -2.54. The highest BCUT2D eigenvalue weighted by Gasteiger charge is 2.23. The lowest BCUT2D eigenvalue weighted by Gasteiger charge is -2.26. The summed E-state index contributed by atoms with van der Waals surface area (Å²) < 4.78 is 19.0. The molecule has 0 bridgehead atoms. The molecule has 5 nitrogen and oxygen atoms in total. The van der Waals surface area contributed by atoms with Gasteiger partial charge in [0.25, 0.3) is 5.91 Å². The van der Waals surface area contributed by atoms with Crippen molar-refractivity contribution >= 4 is 23.6 Å². The molecular formula is C20H21FN2O3S. The molecule has 7 heteroatoms. The van der Waals surface area contributed by atoms with E-state index in [1.165, 1.54) is 12.1 Å². The predicted molar refractivity (Wildman–Crippen MR) is 103 cm³/mol. The van der Waals surface area contributed by atoms with Crippen LogP contribution in [0, 0.1) is 5.82 Å². The molecule has 0 saturated heterocycles. The minimum atomic E-state index is -0.375. The molecule has 1 aliphatic rings. The molecule has 2 aromatic rings. The average molecular weight is 388 g/mol. The highest BCUT2D eigenvalue weighted by molar-refractivity contribution is 7.99. The van der Waals surface area contributed by atoms with Crippen molar-refractivity contribution in [3.8, 4) is 5.75 Å². The number of benzene rings is 2. The zero-order chi connectivity index (χ0) is 19.2. The number of halogens is 1. The van der Waals surface area contributed by atoms with Crippen molar-refractivity contribution < 1.29 is 18.7 Å². The quantitative estimate of drug-likeness (QED) is 0.797. The topological polar surface area (TPSA) is 67.4 Å². The van der Waals surface area contributed by atoms with Crippen LogP contribution in [-0.2, 0) is 4.79 Å². The Labute approximate surface area is 161 Å². The standard InChI is InChI=1S/C20H21FN2O3S/c1-2-26-17-6-4-3-5-14(17)20(25)22-12-19(24)23-16-9-10-27-18-8-7-13(21)11-15(16)18/h3-8,11,16H,2,9-10,12H2,1H3,(H,22,25)(H,23,24). The van der Waals surface area contributed by atoms with Gasteiger partial charge in [-0.05, 0) is 49.2 Å². The van der Waals surface area contributed by atoms with E-state index in [1.807, 2.05) is 6.92 Å². The molecule has 0 fully saturated rings. The maximum atomic E-state index is 13.6. The van der Waals surface area contributed by atoms with Gasteiger partial charge in [0.15, 0.2) is 0 Å². The Morgan fingerprint density at radius 1 is 1.26 bits per heavy atom. The van der Waals surface area contributed by atoms with Gasteiger partial charge in [0.1, 0.15) is 11.6 Å². The fourth-order valence-electron chi connectivity index (χ4n) is 2.95. The number of ether oxygens (including phenoxy) is 1. The Morgan fingerprint density at radius 3 is 2.89 bits per heavy atom. The van der Waals surface area contributed by atoms with E-state index < -0.39 is 0 Å². The zero-order valence-corrected chi connectivity index (χ0v) is 15.8. The SMILES string of the molecule is CCOc1ccccc1C(=O)NCC(=O)NC1CCSc2ccc(F)cc21. The summed E-state index contributed by atoms with van der Waals surface area (Å²) in [6.45, 7) is 2.12. The van der Waals surface area contributed by atoms with Crippen LogP contribution in [-0.4, -0.2) is 30.7 Å². The Bertz CT molecular complexity index is 844. The third kappa shape index (κ3) is 4.80. The van der Waals surface area contributed by atoms with Gasteiger partial charge in [0.2, 0.25) is 5.91 Å². The number of amides is 2. The lowest BCUT2D eigenvalue weighted by atomic mass is 10.0. The number of fused-ring (bicyclic) bond motifs is 1. The molecule has 142 valence electrons. The van der Waals surface area contributed by atoms with Crippen molar-refractivity contribution in [2.45, 2.75) is 24.3 Å². The number of rotatable bonds is 6. The summed E-state index contributed by atoms with van der Waals surface area (Å²) in [4.78, 5) is 25.6. The van der Waals surface area contributed by atoms with Crippen molar-refractivity contribution in [1.82, 2.24) is 10.6 Å². The van der Waals surface area contributed by atoms with Crippen LogP contribution in [0.1, 0.15) is 35.3 Å². The fraction of sp³-hybridized carbons (Fsp3) is 0.300. The second kappa shape index (κ2) is 8.90. The number of hydrogen-bond acceptors (Lipinski definition) is 4. The van der Waals surface area contributed by atoms with Crippen LogP contribution in [0.3, 0.4) is 0 Å². The molecule has 0 aliphatic carbocycles. The minimum Gasteiger partial charge on any atom is -0.493 e. The summed E-state index contributed by atoms with van der Waals surface area (Å²) in [5, 5.41) is 5.50. The first-order valence-electron chi connectivity index (χ1n) is 8.80. The van der Waals surface area contributed by atoms with E-state index in [1.54, 1.807) is 42.1 Å². The molecule has 0 spiro atoms. The first-order chi connectivity index (χ1) is 13.1. The van der Waals surface area contributed by atoms with Gasteiger partial charge in [-0.3, -0.25) is 9.59 Å². The number of nitrogens with one attached hydrogen (secondary N) is 2. The van der Waals surface area contributed by atoms with Gasteiger partial charge >= 0.3 is 0 Å². The molecule has 1 heterocycles. The summed E-state index contributed by atoms with van der Waals surface area (Å²) in [5.41, 5.74) is 1.17. The monoisotopic (exact) mass is 388 g/mol. The molecule has 0 radical (unpaired) electrons. The van der Waals surface area contributed by atoms with Gasteiger partial charge in [-0.1, -0.05) is 12.1 Å². The van der Waals surface area contributed by atoms with Gasteiger partial charge in [0, 0.05) is 10.6 Å². The van der Waals surface area contributed by atoms with Crippen molar-refractivity contribution in [2.75, 3.05) is 18.9 Å². The van der Waals surface area contributed by atoms with Crippen LogP contribution in [0.4, 0.5) is 4.39 Å². The molecule has 2 N–H and O–H groups in total. The second-order valence-electron chi connectivity index (χ2n) is 6.05. The van der Waals surface area contributed by atoms with Crippen molar-refractivity contribution in [3.63, 3.8) is 0 Å². The van der Waals surface area contributed by atoms with Gasteiger partial charge in [-0.15, -0.1) is 11.8 Å². The highest BCUT2D eigenvalue weighted by Crippen LogP contribution is 2.36. The summed E-state index contributed by atoms with van der Waals surface area (Å²) in [5.74, 6) is 0.310. The smallest absolute Gasteiger partial charge is 0.255 e. The van der Waals surface area contributed by atoms with E-state index in [9.17, 15) is 14.0 Å². The maximum Gasteiger partial charge on any atom is 0.255 e. The summed E-state index contributed by atoms with van der Waals surface area (Å²) in [7, 11) is 0. The fourth-order valence-corrected chi connectivity index (χ4v) is 4.06. The minimum absolute atomic E-state index is 0.159. The first-order valence-corrected chi connectivity index (χ1v) is 9.78. The highest BCUT2D eigenvalue weighted by atomic mass is 32.2. The van der Waals surface area contributed by atoms with Gasteiger partial charge in [-0.25, -0.2) is 4.39 Å². The predicted octanol–water partition coefficient (Wildman–Crippen LogP) is 3.31. The first kappa shape index (κ1) is 19.2. The third-order valence-corrected chi connectivity index (χ3v) is 5.31. The molecule has 0 aromatic heterocycles. The van der Waals surface area contributed by atoms with Crippen LogP contribution in [0.25, 0.3) is 0 Å². The van der Waals surface area contributed by atoms with E-state index in [0.29, 0.717) is 24.3 Å². The van der Waals surface area contributed by atoms with E-state index in [2.05, 4.69) is 10.6 Å². The van der Waals surface area contributed by atoms with Crippen LogP contribution < -0.4 is 15.4 Å². The molecule has 1 unspecified atom stereocenters. The van der Waals surface area contributed by atoms with Crippen LogP contribution in [0.5, 0.6) is 5.75 Å². The molecule has 27 heavy (non-hydrogen) atoms. The molecule has 1 aliphatic heterocycles. The van der Waals surface area contributed by atoms with Crippen molar-refractivity contribution in [2.24, 2.45) is 0 Å². The van der Waals surface area contributed by atoms with E-state index in [4.69, 9.17) is 4.74 Å². The van der Waals surface area contributed by atoms with Crippen LogP contribution in [0.2, 0.25) is 0 Å². The van der Waals surface area contributed by atoms with Crippen LogP contribution >= 0.6 is 11.8 Å². The molecule has 0 saturated carbocycles. The lowest BCUT2D eigenvalue weighted by molar-refractivity contribution is -0.120. The van der Waals surface area contributed by atoms with E-state index >= 15 is 0 Å². The van der Waals surface area contributed by atoms with Crippen LogP contribution in [0.15, 0.2) is 47.4 Å². The van der Waals surface area contributed by atoms with Gasteiger partial charge in [0.05, 0.1) is 24.8 Å². The number of hydrogen-bond donors (Lipinski definition) is 2. The van der Waals surface area contributed by atoms with Crippen molar-refractivity contribution in [3.05, 3.63) is 59.4 Å². The average Bonchev–Trinajstić information content (AvgIpc) is 2.67. The van der Waals surface area contributed by atoms with Gasteiger partial charge in [-0.2, -0.15) is 0 Å². The second-order valence-corrected chi connectivity index (χ2v) is 7.19.